The molecule has 0 bridgehead atoms. The zero-order valence-corrected chi connectivity index (χ0v) is 9.77. The second kappa shape index (κ2) is 6.00. The summed E-state index contributed by atoms with van der Waals surface area (Å²) in [6.07, 6.45) is 0.567. The van der Waals surface area contributed by atoms with Crippen LogP contribution in [0.4, 0.5) is 16.2 Å². The first kappa shape index (κ1) is 12.4. The molecule has 0 heterocycles. The standard InChI is InChI=1S/C12H18N2O2/c1-3-9-14(12(15)16-4-2)11-7-5-10(13)6-8-11/h5-8H,3-4,9,13H2,1-2H3. The molecule has 0 unspecified atom stereocenters. The molecule has 1 amide bonds. The third-order valence-corrected chi connectivity index (χ3v) is 2.14. The van der Waals surface area contributed by atoms with Crippen LogP contribution >= 0.6 is 0 Å². The molecule has 0 saturated heterocycles. The van der Waals surface area contributed by atoms with E-state index >= 15 is 0 Å². The highest BCUT2D eigenvalue weighted by atomic mass is 16.6. The van der Waals surface area contributed by atoms with E-state index in [0.717, 1.165) is 12.1 Å². The molecule has 0 aliphatic heterocycles. The second-order valence-corrected chi connectivity index (χ2v) is 3.44. The normalized spacial score (nSPS) is 9.88. The highest BCUT2D eigenvalue weighted by molar-refractivity contribution is 5.87. The van der Waals surface area contributed by atoms with Crippen LogP contribution < -0.4 is 10.6 Å². The van der Waals surface area contributed by atoms with Gasteiger partial charge in [-0.1, -0.05) is 6.92 Å². The second-order valence-electron chi connectivity index (χ2n) is 3.44. The Kier molecular flexibility index (Phi) is 4.64. The van der Waals surface area contributed by atoms with Gasteiger partial charge in [0.15, 0.2) is 0 Å². The van der Waals surface area contributed by atoms with Crippen molar-refractivity contribution in [2.75, 3.05) is 23.8 Å². The van der Waals surface area contributed by atoms with Crippen molar-refractivity contribution in [1.82, 2.24) is 0 Å². The fourth-order valence-corrected chi connectivity index (χ4v) is 1.41. The van der Waals surface area contributed by atoms with Crippen molar-refractivity contribution >= 4 is 17.5 Å². The van der Waals surface area contributed by atoms with Crippen molar-refractivity contribution in [3.8, 4) is 0 Å². The molecule has 16 heavy (non-hydrogen) atoms. The maximum atomic E-state index is 11.7. The fourth-order valence-electron chi connectivity index (χ4n) is 1.41. The van der Waals surface area contributed by atoms with Crippen molar-refractivity contribution in [3.05, 3.63) is 24.3 Å². The number of amides is 1. The van der Waals surface area contributed by atoms with Crippen molar-refractivity contribution in [1.29, 1.82) is 0 Å². The van der Waals surface area contributed by atoms with Gasteiger partial charge in [-0.2, -0.15) is 0 Å². The predicted molar refractivity (Wildman–Crippen MR) is 65.5 cm³/mol. The van der Waals surface area contributed by atoms with Gasteiger partial charge in [-0.05, 0) is 37.6 Å². The topological polar surface area (TPSA) is 55.6 Å². The van der Waals surface area contributed by atoms with Crippen LogP contribution in [0, 0.1) is 0 Å². The Labute approximate surface area is 96.0 Å². The van der Waals surface area contributed by atoms with E-state index < -0.39 is 0 Å². The van der Waals surface area contributed by atoms with Gasteiger partial charge in [0.25, 0.3) is 0 Å². The van der Waals surface area contributed by atoms with Crippen LogP contribution in [-0.4, -0.2) is 19.2 Å². The minimum absolute atomic E-state index is 0.311. The number of rotatable bonds is 4. The number of anilines is 2. The maximum absolute atomic E-state index is 11.7. The van der Waals surface area contributed by atoms with Gasteiger partial charge in [-0.15, -0.1) is 0 Å². The number of benzene rings is 1. The minimum atomic E-state index is -0.311. The Balaban J connectivity index is 2.84. The average Bonchev–Trinajstić information content (AvgIpc) is 2.28. The van der Waals surface area contributed by atoms with Crippen LogP contribution in [0.2, 0.25) is 0 Å². The summed E-state index contributed by atoms with van der Waals surface area (Å²) in [4.78, 5) is 13.3. The zero-order valence-electron chi connectivity index (χ0n) is 9.77. The molecular formula is C12H18N2O2. The highest BCUT2D eigenvalue weighted by Crippen LogP contribution is 2.17. The predicted octanol–water partition coefficient (Wildman–Crippen LogP) is 2.64. The van der Waals surface area contributed by atoms with E-state index in [-0.39, 0.29) is 6.09 Å². The van der Waals surface area contributed by atoms with E-state index in [2.05, 4.69) is 0 Å². The number of nitrogen functional groups attached to an aromatic ring is 1. The molecule has 0 aliphatic rings. The van der Waals surface area contributed by atoms with Crippen LogP contribution in [0.5, 0.6) is 0 Å². The number of hydrogen-bond acceptors (Lipinski definition) is 3. The first-order valence-electron chi connectivity index (χ1n) is 5.48. The number of nitrogens with two attached hydrogens (primary N) is 1. The Hall–Kier alpha value is -1.71. The summed E-state index contributed by atoms with van der Waals surface area (Å²) < 4.78 is 5.00. The third kappa shape index (κ3) is 3.15. The molecule has 0 saturated carbocycles. The van der Waals surface area contributed by atoms with Crippen LogP contribution in [0.3, 0.4) is 0 Å². The molecule has 0 atom stereocenters. The van der Waals surface area contributed by atoms with E-state index in [1.807, 2.05) is 19.1 Å². The maximum Gasteiger partial charge on any atom is 0.414 e. The first-order valence-corrected chi connectivity index (χ1v) is 5.48. The highest BCUT2D eigenvalue weighted by Gasteiger charge is 2.15. The minimum Gasteiger partial charge on any atom is -0.449 e. The molecular weight excluding hydrogens is 204 g/mol. The monoisotopic (exact) mass is 222 g/mol. The van der Waals surface area contributed by atoms with Gasteiger partial charge in [0, 0.05) is 17.9 Å². The van der Waals surface area contributed by atoms with Gasteiger partial charge in [-0.25, -0.2) is 4.79 Å². The summed E-state index contributed by atoms with van der Waals surface area (Å²) in [6.45, 7) is 4.84. The summed E-state index contributed by atoms with van der Waals surface area (Å²) in [6, 6.07) is 7.19. The van der Waals surface area contributed by atoms with E-state index in [9.17, 15) is 4.79 Å². The lowest BCUT2D eigenvalue weighted by atomic mass is 10.2. The molecule has 88 valence electrons. The third-order valence-electron chi connectivity index (χ3n) is 2.14. The van der Waals surface area contributed by atoms with Gasteiger partial charge in [0.1, 0.15) is 0 Å². The van der Waals surface area contributed by atoms with Gasteiger partial charge < -0.3 is 10.5 Å². The van der Waals surface area contributed by atoms with Gasteiger partial charge in [-0.3, -0.25) is 4.90 Å². The van der Waals surface area contributed by atoms with Crippen molar-refractivity contribution < 1.29 is 9.53 Å². The number of nitrogens with zero attached hydrogens (tertiary/aromatic N) is 1. The van der Waals surface area contributed by atoms with Crippen LogP contribution in [0.15, 0.2) is 24.3 Å². The SMILES string of the molecule is CCCN(C(=O)OCC)c1ccc(N)cc1. The summed E-state index contributed by atoms with van der Waals surface area (Å²) in [7, 11) is 0. The van der Waals surface area contributed by atoms with Crippen molar-refractivity contribution in [2.24, 2.45) is 0 Å². The van der Waals surface area contributed by atoms with Gasteiger partial charge >= 0.3 is 6.09 Å². The molecule has 0 radical (unpaired) electrons. The first-order chi connectivity index (χ1) is 7.69. The number of hydrogen-bond donors (Lipinski definition) is 1. The smallest absolute Gasteiger partial charge is 0.414 e. The van der Waals surface area contributed by atoms with Gasteiger partial charge in [0.05, 0.1) is 6.61 Å². The molecule has 1 aromatic carbocycles. The summed E-state index contributed by atoms with van der Waals surface area (Å²) in [5.41, 5.74) is 7.10. The van der Waals surface area contributed by atoms with E-state index in [0.29, 0.717) is 18.8 Å². The van der Waals surface area contributed by atoms with E-state index in [4.69, 9.17) is 10.5 Å². The Morgan fingerprint density at radius 2 is 1.94 bits per heavy atom. The molecule has 0 aliphatic carbocycles. The average molecular weight is 222 g/mol. The molecule has 4 heteroatoms. The summed E-state index contributed by atoms with van der Waals surface area (Å²) in [5, 5.41) is 0. The molecule has 0 spiro atoms. The Morgan fingerprint density at radius 3 is 2.44 bits per heavy atom. The molecule has 0 aromatic heterocycles. The Bertz CT molecular complexity index is 335. The molecule has 4 nitrogen and oxygen atoms in total. The lowest BCUT2D eigenvalue weighted by molar-refractivity contribution is 0.159. The van der Waals surface area contributed by atoms with Gasteiger partial charge in [0.2, 0.25) is 0 Å². The lowest BCUT2D eigenvalue weighted by Gasteiger charge is -2.21. The zero-order chi connectivity index (χ0) is 12.0. The molecule has 1 rings (SSSR count). The molecule has 2 N–H and O–H groups in total. The molecule has 0 fully saturated rings. The van der Waals surface area contributed by atoms with E-state index in [1.54, 1.807) is 24.0 Å². The number of ether oxygens (including phenoxy) is 1. The van der Waals surface area contributed by atoms with Crippen molar-refractivity contribution in [3.63, 3.8) is 0 Å². The van der Waals surface area contributed by atoms with Crippen LogP contribution in [-0.2, 0) is 4.74 Å². The molecule has 1 aromatic rings. The van der Waals surface area contributed by atoms with Crippen molar-refractivity contribution in [2.45, 2.75) is 20.3 Å². The quantitative estimate of drug-likeness (QED) is 0.797. The van der Waals surface area contributed by atoms with Crippen LogP contribution in [0.1, 0.15) is 20.3 Å². The largest absolute Gasteiger partial charge is 0.449 e. The fraction of sp³-hybridized carbons (Fsp3) is 0.417. The summed E-state index contributed by atoms with van der Waals surface area (Å²) in [5.74, 6) is 0. The van der Waals surface area contributed by atoms with E-state index in [1.165, 1.54) is 0 Å². The number of carbonyl (C=O) groups is 1. The Morgan fingerprint density at radius 1 is 1.31 bits per heavy atom. The number of carbonyl (C=O) groups excluding carboxylic acids is 1. The van der Waals surface area contributed by atoms with Crippen LogP contribution in [0.25, 0.3) is 0 Å². The summed E-state index contributed by atoms with van der Waals surface area (Å²) >= 11 is 0. The lowest BCUT2D eigenvalue weighted by Crippen LogP contribution is -2.32.